The first kappa shape index (κ1) is 7.92. The van der Waals surface area contributed by atoms with Crippen molar-refractivity contribution < 1.29 is 4.74 Å². The molecule has 0 amide bonds. The molecule has 1 heterocycles. The van der Waals surface area contributed by atoms with E-state index >= 15 is 0 Å². The Morgan fingerprint density at radius 1 is 1.29 bits per heavy atom. The third-order valence-corrected chi connectivity index (χ3v) is 2.87. The van der Waals surface area contributed by atoms with Gasteiger partial charge in [-0.25, -0.2) is 0 Å². The fraction of sp³-hybridized carbons (Fsp3) is 0.333. The van der Waals surface area contributed by atoms with Gasteiger partial charge in [-0.15, -0.1) is 0 Å². The maximum atomic E-state index is 5.19. The zero-order valence-electron chi connectivity index (χ0n) is 8.21. The molecule has 0 atom stereocenters. The molecule has 14 heavy (non-hydrogen) atoms. The van der Waals surface area contributed by atoms with E-state index < -0.39 is 0 Å². The van der Waals surface area contributed by atoms with Crippen LogP contribution in [-0.2, 0) is 0 Å². The molecule has 0 unspecified atom stereocenters. The van der Waals surface area contributed by atoms with Crippen LogP contribution < -0.4 is 4.74 Å². The minimum atomic E-state index is 0.786. The van der Waals surface area contributed by atoms with E-state index in [0.29, 0.717) is 0 Å². The van der Waals surface area contributed by atoms with Gasteiger partial charge in [-0.1, -0.05) is 0 Å². The van der Waals surface area contributed by atoms with E-state index in [0.717, 1.165) is 11.7 Å². The van der Waals surface area contributed by atoms with Crippen molar-refractivity contribution in [2.45, 2.75) is 18.8 Å². The molecule has 1 fully saturated rings. The Balaban J connectivity index is 2.12. The third kappa shape index (κ3) is 1.18. The molecule has 2 aromatic rings. The van der Waals surface area contributed by atoms with Crippen molar-refractivity contribution in [1.29, 1.82) is 0 Å². The molecule has 0 bridgehead atoms. The molecule has 2 nitrogen and oxygen atoms in total. The van der Waals surface area contributed by atoms with Gasteiger partial charge in [0.25, 0.3) is 0 Å². The van der Waals surface area contributed by atoms with E-state index in [-0.39, 0.29) is 0 Å². The van der Waals surface area contributed by atoms with Gasteiger partial charge in [0.05, 0.1) is 7.11 Å². The van der Waals surface area contributed by atoms with E-state index in [9.17, 15) is 0 Å². The number of benzene rings is 1. The Hall–Kier alpha value is -1.44. The predicted molar refractivity (Wildman–Crippen MR) is 56.8 cm³/mol. The zero-order chi connectivity index (χ0) is 9.54. The van der Waals surface area contributed by atoms with Crippen LogP contribution in [-0.4, -0.2) is 12.1 Å². The molecule has 72 valence electrons. The number of aromatic nitrogens is 1. The van der Waals surface area contributed by atoms with E-state index in [1.165, 1.54) is 29.4 Å². The highest BCUT2D eigenvalue weighted by Crippen LogP contribution is 2.40. The second-order valence-corrected chi connectivity index (χ2v) is 3.95. The Morgan fingerprint density at radius 2 is 2.14 bits per heavy atom. The number of aromatic amines is 1. The van der Waals surface area contributed by atoms with E-state index in [2.05, 4.69) is 23.2 Å². The van der Waals surface area contributed by atoms with Crippen molar-refractivity contribution in [3.05, 3.63) is 30.0 Å². The summed E-state index contributed by atoms with van der Waals surface area (Å²) in [6, 6.07) is 8.43. The Morgan fingerprint density at radius 3 is 2.86 bits per heavy atom. The predicted octanol–water partition coefficient (Wildman–Crippen LogP) is 3.05. The first-order valence-corrected chi connectivity index (χ1v) is 5.03. The lowest BCUT2D eigenvalue weighted by atomic mass is 10.2. The number of H-pyrrole nitrogens is 1. The standard InChI is InChI=1S/C12H13NO/c1-14-10-5-4-9-6-11(8-2-3-8)13-12(9)7-10/h4-8,13H,2-3H2,1H3. The van der Waals surface area contributed by atoms with Gasteiger partial charge in [0.1, 0.15) is 5.75 Å². The van der Waals surface area contributed by atoms with Gasteiger partial charge in [0, 0.05) is 17.3 Å². The van der Waals surface area contributed by atoms with Crippen molar-refractivity contribution in [3.63, 3.8) is 0 Å². The highest BCUT2D eigenvalue weighted by molar-refractivity contribution is 5.82. The smallest absolute Gasteiger partial charge is 0.120 e. The molecule has 0 saturated heterocycles. The minimum absolute atomic E-state index is 0.786. The average molecular weight is 187 g/mol. The number of methoxy groups -OCH3 is 1. The van der Waals surface area contributed by atoms with Crippen LogP contribution in [0, 0.1) is 0 Å². The molecule has 2 heteroatoms. The zero-order valence-corrected chi connectivity index (χ0v) is 8.21. The number of nitrogens with one attached hydrogen (secondary N) is 1. The van der Waals surface area contributed by atoms with Crippen molar-refractivity contribution in [2.75, 3.05) is 7.11 Å². The number of fused-ring (bicyclic) bond motifs is 1. The maximum Gasteiger partial charge on any atom is 0.120 e. The van der Waals surface area contributed by atoms with Crippen LogP contribution in [0.5, 0.6) is 5.75 Å². The van der Waals surface area contributed by atoms with Gasteiger partial charge in [-0.05, 0) is 42.3 Å². The van der Waals surface area contributed by atoms with Gasteiger partial charge in [-0.2, -0.15) is 0 Å². The Kier molecular flexibility index (Phi) is 1.57. The first-order valence-electron chi connectivity index (χ1n) is 5.03. The van der Waals surface area contributed by atoms with Crippen LogP contribution in [0.15, 0.2) is 24.3 Å². The summed E-state index contributed by atoms with van der Waals surface area (Å²) < 4.78 is 5.19. The molecule has 1 N–H and O–H groups in total. The number of ether oxygens (including phenoxy) is 1. The topological polar surface area (TPSA) is 25.0 Å². The third-order valence-electron chi connectivity index (χ3n) is 2.87. The summed E-state index contributed by atoms with van der Waals surface area (Å²) >= 11 is 0. The van der Waals surface area contributed by atoms with Crippen LogP contribution >= 0.6 is 0 Å². The lowest BCUT2D eigenvalue weighted by molar-refractivity contribution is 0.415. The van der Waals surface area contributed by atoms with Crippen LogP contribution in [0.3, 0.4) is 0 Å². The average Bonchev–Trinajstić information content (AvgIpc) is 2.97. The Bertz CT molecular complexity index is 468. The van der Waals surface area contributed by atoms with Gasteiger partial charge >= 0.3 is 0 Å². The fourth-order valence-electron chi connectivity index (χ4n) is 1.87. The van der Waals surface area contributed by atoms with E-state index in [1.54, 1.807) is 7.11 Å². The van der Waals surface area contributed by atoms with Gasteiger partial charge < -0.3 is 9.72 Å². The van der Waals surface area contributed by atoms with E-state index in [4.69, 9.17) is 4.74 Å². The SMILES string of the molecule is COc1ccc2cc(C3CC3)[nH]c2c1. The lowest BCUT2D eigenvalue weighted by Gasteiger charge is -1.97. The van der Waals surface area contributed by atoms with Gasteiger partial charge in [0.15, 0.2) is 0 Å². The summed E-state index contributed by atoms with van der Waals surface area (Å²) in [5.41, 5.74) is 2.57. The second kappa shape index (κ2) is 2.77. The molecule has 3 rings (SSSR count). The first-order chi connectivity index (χ1) is 6.86. The largest absolute Gasteiger partial charge is 0.497 e. The minimum Gasteiger partial charge on any atom is -0.497 e. The number of hydrogen-bond donors (Lipinski definition) is 1. The quantitative estimate of drug-likeness (QED) is 0.768. The van der Waals surface area contributed by atoms with Crippen LogP contribution in [0.1, 0.15) is 24.5 Å². The van der Waals surface area contributed by atoms with Crippen LogP contribution in [0.25, 0.3) is 10.9 Å². The molecule has 1 aliphatic rings. The molecule has 0 radical (unpaired) electrons. The summed E-state index contributed by atoms with van der Waals surface area (Å²) in [5.74, 6) is 1.70. The summed E-state index contributed by atoms with van der Waals surface area (Å²) in [7, 11) is 1.70. The number of rotatable bonds is 2. The van der Waals surface area contributed by atoms with Gasteiger partial charge in [0.2, 0.25) is 0 Å². The lowest BCUT2D eigenvalue weighted by Crippen LogP contribution is -1.81. The van der Waals surface area contributed by atoms with Crippen molar-refractivity contribution in [2.24, 2.45) is 0 Å². The normalized spacial score (nSPS) is 16.1. The molecule has 1 aromatic heterocycles. The van der Waals surface area contributed by atoms with Crippen LogP contribution in [0.4, 0.5) is 0 Å². The molecule has 1 aliphatic carbocycles. The molecule has 1 saturated carbocycles. The highest BCUT2D eigenvalue weighted by Gasteiger charge is 2.24. The molecule has 1 aromatic carbocycles. The molecular formula is C12H13NO. The van der Waals surface area contributed by atoms with Crippen molar-refractivity contribution in [3.8, 4) is 5.75 Å². The molecular weight excluding hydrogens is 174 g/mol. The van der Waals surface area contributed by atoms with Crippen molar-refractivity contribution >= 4 is 10.9 Å². The Labute approximate surface area is 82.9 Å². The number of hydrogen-bond acceptors (Lipinski definition) is 1. The second-order valence-electron chi connectivity index (χ2n) is 3.95. The van der Waals surface area contributed by atoms with E-state index in [1.807, 2.05) is 6.07 Å². The van der Waals surface area contributed by atoms with Gasteiger partial charge in [-0.3, -0.25) is 0 Å². The monoisotopic (exact) mass is 187 g/mol. The molecule has 0 aliphatic heterocycles. The highest BCUT2D eigenvalue weighted by atomic mass is 16.5. The summed E-state index contributed by atoms with van der Waals surface area (Å²) in [6.07, 6.45) is 2.67. The molecule has 0 spiro atoms. The summed E-state index contributed by atoms with van der Waals surface area (Å²) in [4.78, 5) is 3.45. The summed E-state index contributed by atoms with van der Waals surface area (Å²) in [5, 5.41) is 1.28. The summed E-state index contributed by atoms with van der Waals surface area (Å²) in [6.45, 7) is 0. The van der Waals surface area contributed by atoms with Crippen molar-refractivity contribution in [1.82, 2.24) is 4.98 Å². The maximum absolute atomic E-state index is 5.19. The fourth-order valence-corrected chi connectivity index (χ4v) is 1.87. The van der Waals surface area contributed by atoms with Crippen LogP contribution in [0.2, 0.25) is 0 Å².